The van der Waals surface area contributed by atoms with Crippen molar-refractivity contribution in [2.24, 2.45) is 29.6 Å². The molecule has 0 saturated heterocycles. The molecule has 0 spiro atoms. The lowest BCUT2D eigenvalue weighted by molar-refractivity contribution is 0.245. The van der Waals surface area contributed by atoms with Crippen LogP contribution in [0.15, 0.2) is 11.6 Å². The molecule has 0 aliphatic heterocycles. The lowest BCUT2D eigenvalue weighted by Crippen LogP contribution is -2.20. The quantitative estimate of drug-likeness (QED) is 0.413. The number of hydrogen-bond acceptors (Lipinski definition) is 0. The SMILES string of the molecule is CCC(C)CC(C)C/C=C1\CCC(C)C(CC(C)CC)C1. The van der Waals surface area contributed by atoms with Crippen LogP contribution < -0.4 is 0 Å². The highest BCUT2D eigenvalue weighted by Crippen LogP contribution is 2.38. The molecule has 124 valence electrons. The highest BCUT2D eigenvalue weighted by Gasteiger charge is 2.25. The first-order valence-electron chi connectivity index (χ1n) is 9.64. The first-order chi connectivity index (χ1) is 9.96. The summed E-state index contributed by atoms with van der Waals surface area (Å²) in [4.78, 5) is 0. The molecule has 0 radical (unpaired) electrons. The van der Waals surface area contributed by atoms with E-state index in [0.717, 1.165) is 29.6 Å². The van der Waals surface area contributed by atoms with E-state index >= 15 is 0 Å². The molecule has 1 saturated carbocycles. The van der Waals surface area contributed by atoms with Crippen molar-refractivity contribution in [3.8, 4) is 0 Å². The summed E-state index contributed by atoms with van der Waals surface area (Å²) < 4.78 is 0. The lowest BCUT2D eigenvalue weighted by atomic mass is 9.73. The second kappa shape index (κ2) is 9.70. The Hall–Kier alpha value is -0.260. The van der Waals surface area contributed by atoms with E-state index in [2.05, 4.69) is 47.6 Å². The van der Waals surface area contributed by atoms with Crippen molar-refractivity contribution in [3.05, 3.63) is 11.6 Å². The third-order valence-corrected chi connectivity index (χ3v) is 5.96. The second-order valence-corrected chi connectivity index (χ2v) is 8.18. The normalized spacial score (nSPS) is 29.3. The Balaban J connectivity index is 2.45. The summed E-state index contributed by atoms with van der Waals surface area (Å²) in [5, 5.41) is 0. The molecule has 0 amide bonds. The lowest BCUT2D eigenvalue weighted by Gasteiger charge is -2.32. The van der Waals surface area contributed by atoms with Gasteiger partial charge in [0, 0.05) is 0 Å². The third-order valence-electron chi connectivity index (χ3n) is 5.96. The molecule has 5 atom stereocenters. The van der Waals surface area contributed by atoms with Crippen molar-refractivity contribution in [1.82, 2.24) is 0 Å². The van der Waals surface area contributed by atoms with E-state index in [9.17, 15) is 0 Å². The Labute approximate surface area is 134 Å². The number of hydrogen-bond donors (Lipinski definition) is 0. The maximum absolute atomic E-state index is 2.61. The molecule has 0 bridgehead atoms. The minimum atomic E-state index is 0.861. The fraction of sp³-hybridized carbons (Fsp3) is 0.905. The Bertz CT molecular complexity index is 301. The highest BCUT2D eigenvalue weighted by atomic mass is 14.3. The maximum Gasteiger partial charge on any atom is -0.0289 e. The van der Waals surface area contributed by atoms with Crippen molar-refractivity contribution in [2.45, 2.75) is 92.9 Å². The molecule has 5 unspecified atom stereocenters. The van der Waals surface area contributed by atoms with Crippen LogP contribution in [-0.4, -0.2) is 0 Å². The fourth-order valence-corrected chi connectivity index (χ4v) is 3.79. The number of rotatable bonds is 8. The second-order valence-electron chi connectivity index (χ2n) is 8.18. The summed E-state index contributed by atoms with van der Waals surface area (Å²) >= 11 is 0. The Morgan fingerprint density at radius 1 is 1.05 bits per heavy atom. The maximum atomic E-state index is 2.61. The van der Waals surface area contributed by atoms with Gasteiger partial charge in [-0.05, 0) is 68.1 Å². The average Bonchev–Trinajstić information content (AvgIpc) is 2.47. The summed E-state index contributed by atoms with van der Waals surface area (Å²) in [5.74, 6) is 4.54. The fourth-order valence-electron chi connectivity index (χ4n) is 3.79. The van der Waals surface area contributed by atoms with Gasteiger partial charge < -0.3 is 0 Å². The minimum Gasteiger partial charge on any atom is -0.0851 e. The van der Waals surface area contributed by atoms with Crippen LogP contribution in [0.4, 0.5) is 0 Å². The summed E-state index contributed by atoms with van der Waals surface area (Å²) in [6.07, 6.45) is 13.6. The molecule has 0 heterocycles. The van der Waals surface area contributed by atoms with E-state index in [-0.39, 0.29) is 0 Å². The molecular formula is C21H40. The van der Waals surface area contributed by atoms with Gasteiger partial charge in [0.1, 0.15) is 0 Å². The molecule has 1 aliphatic rings. The molecule has 0 nitrogen and oxygen atoms in total. The topological polar surface area (TPSA) is 0 Å². The van der Waals surface area contributed by atoms with E-state index in [1.165, 1.54) is 51.4 Å². The average molecular weight is 293 g/mol. The minimum absolute atomic E-state index is 0.861. The van der Waals surface area contributed by atoms with E-state index in [1.807, 2.05) is 0 Å². The van der Waals surface area contributed by atoms with Gasteiger partial charge in [-0.25, -0.2) is 0 Å². The van der Waals surface area contributed by atoms with Gasteiger partial charge in [-0.15, -0.1) is 0 Å². The summed E-state index contributed by atoms with van der Waals surface area (Å²) in [7, 11) is 0. The van der Waals surface area contributed by atoms with Crippen LogP contribution in [0.3, 0.4) is 0 Å². The molecule has 1 fully saturated rings. The zero-order chi connectivity index (χ0) is 15.8. The van der Waals surface area contributed by atoms with Crippen LogP contribution in [0.25, 0.3) is 0 Å². The predicted molar refractivity (Wildman–Crippen MR) is 96.5 cm³/mol. The predicted octanol–water partition coefficient (Wildman–Crippen LogP) is 7.25. The van der Waals surface area contributed by atoms with E-state index in [4.69, 9.17) is 0 Å². The van der Waals surface area contributed by atoms with Gasteiger partial charge in [0.05, 0.1) is 0 Å². The molecule has 0 aromatic heterocycles. The first kappa shape index (κ1) is 18.8. The zero-order valence-corrected chi connectivity index (χ0v) is 15.6. The van der Waals surface area contributed by atoms with Crippen molar-refractivity contribution in [1.29, 1.82) is 0 Å². The van der Waals surface area contributed by atoms with E-state index < -0.39 is 0 Å². The van der Waals surface area contributed by atoms with Crippen LogP contribution >= 0.6 is 0 Å². The molecule has 1 aliphatic carbocycles. The van der Waals surface area contributed by atoms with Crippen LogP contribution in [-0.2, 0) is 0 Å². The summed E-state index contributed by atoms with van der Waals surface area (Å²) in [6.45, 7) is 14.4. The summed E-state index contributed by atoms with van der Waals surface area (Å²) in [5.41, 5.74) is 1.78. The van der Waals surface area contributed by atoms with Crippen molar-refractivity contribution < 1.29 is 0 Å². The van der Waals surface area contributed by atoms with Gasteiger partial charge in [0.25, 0.3) is 0 Å². The van der Waals surface area contributed by atoms with Crippen molar-refractivity contribution >= 4 is 0 Å². The smallest absolute Gasteiger partial charge is 0.0289 e. The van der Waals surface area contributed by atoms with Crippen LogP contribution in [0, 0.1) is 29.6 Å². The van der Waals surface area contributed by atoms with Gasteiger partial charge in [-0.2, -0.15) is 0 Å². The van der Waals surface area contributed by atoms with Crippen LogP contribution in [0.5, 0.6) is 0 Å². The van der Waals surface area contributed by atoms with Crippen LogP contribution in [0.2, 0.25) is 0 Å². The monoisotopic (exact) mass is 292 g/mol. The molecule has 0 heteroatoms. The van der Waals surface area contributed by atoms with Crippen LogP contribution in [0.1, 0.15) is 92.9 Å². The van der Waals surface area contributed by atoms with Gasteiger partial charge in [-0.3, -0.25) is 0 Å². The molecule has 0 aromatic carbocycles. The molecule has 0 aromatic rings. The van der Waals surface area contributed by atoms with E-state index in [0.29, 0.717) is 0 Å². The summed E-state index contributed by atoms with van der Waals surface area (Å²) in [6, 6.07) is 0. The molecular weight excluding hydrogens is 252 g/mol. The zero-order valence-electron chi connectivity index (χ0n) is 15.6. The van der Waals surface area contributed by atoms with Gasteiger partial charge in [0.2, 0.25) is 0 Å². The first-order valence-corrected chi connectivity index (χ1v) is 9.64. The van der Waals surface area contributed by atoms with E-state index in [1.54, 1.807) is 5.57 Å². The van der Waals surface area contributed by atoms with Gasteiger partial charge >= 0.3 is 0 Å². The third kappa shape index (κ3) is 7.02. The Morgan fingerprint density at radius 2 is 1.71 bits per heavy atom. The Kier molecular flexibility index (Phi) is 8.67. The van der Waals surface area contributed by atoms with Gasteiger partial charge in [0.15, 0.2) is 0 Å². The molecule has 21 heavy (non-hydrogen) atoms. The number of allylic oxidation sites excluding steroid dienone is 2. The standard InChI is InChI=1S/C21H40/c1-7-16(3)13-18(5)9-11-20-12-10-19(6)21(15-20)14-17(4)8-2/h11,16-19,21H,7-10,12-15H2,1-6H3/b20-11+. The Morgan fingerprint density at radius 3 is 2.33 bits per heavy atom. The molecule has 1 rings (SSSR count). The molecule has 0 N–H and O–H groups in total. The largest absolute Gasteiger partial charge is 0.0851 e. The highest BCUT2D eigenvalue weighted by molar-refractivity contribution is 5.07. The van der Waals surface area contributed by atoms with Gasteiger partial charge in [-0.1, -0.05) is 66.0 Å². The van der Waals surface area contributed by atoms with Crippen molar-refractivity contribution in [2.75, 3.05) is 0 Å². The van der Waals surface area contributed by atoms with Crippen molar-refractivity contribution in [3.63, 3.8) is 0 Å².